The molecule has 1 heterocycles. The molecule has 94 valence electrons. The summed E-state index contributed by atoms with van der Waals surface area (Å²) in [6.07, 6.45) is 0. The van der Waals surface area contributed by atoms with Gasteiger partial charge in [-0.2, -0.15) is 11.8 Å². The Bertz CT molecular complexity index is 409. The topological polar surface area (TPSA) is 12.0 Å². The molecule has 1 aliphatic heterocycles. The van der Waals surface area contributed by atoms with Gasteiger partial charge in [0.2, 0.25) is 0 Å². The van der Waals surface area contributed by atoms with Gasteiger partial charge in [0.1, 0.15) is 0 Å². The van der Waals surface area contributed by atoms with E-state index in [1.807, 2.05) is 23.9 Å². The van der Waals surface area contributed by atoms with Crippen LogP contribution in [0.4, 0.5) is 0 Å². The Balaban J connectivity index is 2.51. The van der Waals surface area contributed by atoms with Crippen molar-refractivity contribution in [2.75, 3.05) is 12.3 Å². The van der Waals surface area contributed by atoms with Gasteiger partial charge in [0.05, 0.1) is 0 Å². The Morgan fingerprint density at radius 1 is 1.35 bits per heavy atom. The van der Waals surface area contributed by atoms with Crippen molar-refractivity contribution < 1.29 is 0 Å². The number of hydrogen-bond acceptors (Lipinski definition) is 2. The Labute approximate surface area is 117 Å². The van der Waals surface area contributed by atoms with E-state index in [-0.39, 0.29) is 0 Å². The van der Waals surface area contributed by atoms with E-state index in [0.29, 0.717) is 12.0 Å². The van der Waals surface area contributed by atoms with E-state index in [2.05, 4.69) is 19.2 Å². The minimum absolute atomic E-state index is 0.316. The van der Waals surface area contributed by atoms with Crippen LogP contribution in [0, 0.1) is 5.92 Å². The monoisotopic (exact) mass is 289 g/mol. The van der Waals surface area contributed by atoms with Crippen LogP contribution in [-0.4, -0.2) is 12.3 Å². The first-order chi connectivity index (χ1) is 8.15. The van der Waals surface area contributed by atoms with E-state index in [1.54, 1.807) is 0 Å². The van der Waals surface area contributed by atoms with Crippen LogP contribution in [0.25, 0.3) is 0 Å². The van der Waals surface area contributed by atoms with Gasteiger partial charge in [0.15, 0.2) is 0 Å². The summed E-state index contributed by atoms with van der Waals surface area (Å²) < 4.78 is 0. The fourth-order valence-corrected chi connectivity index (χ4v) is 4.15. The fraction of sp³-hybridized carbons (Fsp3) is 0.538. The largest absolute Gasteiger partial charge is 0.310 e. The third-order valence-electron chi connectivity index (χ3n) is 3.18. The van der Waals surface area contributed by atoms with E-state index in [4.69, 9.17) is 23.2 Å². The summed E-state index contributed by atoms with van der Waals surface area (Å²) in [4.78, 5) is 0. The predicted molar refractivity (Wildman–Crippen MR) is 78.2 cm³/mol. The molecule has 0 aromatic heterocycles. The first kappa shape index (κ1) is 13.5. The smallest absolute Gasteiger partial charge is 0.0458 e. The highest BCUT2D eigenvalue weighted by molar-refractivity contribution is 7.98. The van der Waals surface area contributed by atoms with Crippen LogP contribution in [-0.2, 0) is 5.75 Å². The van der Waals surface area contributed by atoms with Crippen molar-refractivity contribution in [1.29, 1.82) is 0 Å². The first-order valence-corrected chi connectivity index (χ1v) is 7.84. The summed E-state index contributed by atoms with van der Waals surface area (Å²) in [5.74, 6) is 2.66. The van der Waals surface area contributed by atoms with E-state index < -0.39 is 0 Å². The van der Waals surface area contributed by atoms with Crippen LogP contribution in [0.15, 0.2) is 12.1 Å². The second-order valence-corrected chi connectivity index (χ2v) is 6.29. The Kier molecular flexibility index (Phi) is 4.65. The van der Waals surface area contributed by atoms with Gasteiger partial charge in [0, 0.05) is 21.8 Å². The molecule has 0 fully saturated rings. The molecule has 17 heavy (non-hydrogen) atoms. The molecule has 4 heteroatoms. The van der Waals surface area contributed by atoms with Crippen LogP contribution in [0.2, 0.25) is 10.0 Å². The average molecular weight is 290 g/mol. The van der Waals surface area contributed by atoms with Crippen LogP contribution in [0.1, 0.15) is 31.0 Å². The number of benzene rings is 1. The SMILES string of the molecule is CCNC1c2c(Cl)ccc(Cl)c2CSCC1C. The Morgan fingerprint density at radius 3 is 2.76 bits per heavy atom. The maximum Gasteiger partial charge on any atom is 0.0458 e. The van der Waals surface area contributed by atoms with Crippen LogP contribution in [0.3, 0.4) is 0 Å². The van der Waals surface area contributed by atoms with Gasteiger partial charge in [-0.25, -0.2) is 0 Å². The Morgan fingerprint density at radius 2 is 2.06 bits per heavy atom. The van der Waals surface area contributed by atoms with E-state index >= 15 is 0 Å². The molecule has 0 spiro atoms. The number of fused-ring (bicyclic) bond motifs is 1. The summed E-state index contributed by atoms with van der Waals surface area (Å²) in [6, 6.07) is 4.13. The van der Waals surface area contributed by atoms with Crippen molar-refractivity contribution in [3.05, 3.63) is 33.3 Å². The van der Waals surface area contributed by atoms with Gasteiger partial charge in [-0.3, -0.25) is 0 Å². The van der Waals surface area contributed by atoms with E-state index in [1.165, 1.54) is 11.1 Å². The summed E-state index contributed by atoms with van der Waals surface area (Å²) in [6.45, 7) is 5.34. The van der Waals surface area contributed by atoms with E-state index in [9.17, 15) is 0 Å². The first-order valence-electron chi connectivity index (χ1n) is 5.93. The highest BCUT2D eigenvalue weighted by atomic mass is 35.5. The van der Waals surface area contributed by atoms with Crippen LogP contribution in [0.5, 0.6) is 0 Å². The molecule has 0 amide bonds. The molecule has 2 unspecified atom stereocenters. The van der Waals surface area contributed by atoms with Crippen molar-refractivity contribution in [3.8, 4) is 0 Å². The molecule has 2 atom stereocenters. The van der Waals surface area contributed by atoms with Crippen molar-refractivity contribution in [2.45, 2.75) is 25.6 Å². The number of nitrogens with one attached hydrogen (secondary N) is 1. The third kappa shape index (κ3) is 2.76. The molecule has 2 rings (SSSR count). The number of halogens is 2. The normalized spacial score (nSPS) is 24.2. The second kappa shape index (κ2) is 5.83. The molecule has 0 saturated heterocycles. The van der Waals surface area contributed by atoms with Crippen molar-refractivity contribution in [1.82, 2.24) is 5.32 Å². The summed E-state index contributed by atoms with van der Waals surface area (Å²) >= 11 is 14.6. The quantitative estimate of drug-likeness (QED) is 0.859. The van der Waals surface area contributed by atoms with Gasteiger partial charge in [-0.15, -0.1) is 0 Å². The molecule has 1 N–H and O–H groups in total. The van der Waals surface area contributed by atoms with Gasteiger partial charge in [-0.1, -0.05) is 37.0 Å². The minimum Gasteiger partial charge on any atom is -0.310 e. The number of thioether (sulfide) groups is 1. The molecule has 1 aromatic rings. The highest BCUT2D eigenvalue weighted by Gasteiger charge is 2.27. The zero-order chi connectivity index (χ0) is 12.4. The molecule has 1 aliphatic rings. The minimum atomic E-state index is 0.316. The van der Waals surface area contributed by atoms with Crippen LogP contribution < -0.4 is 5.32 Å². The molecule has 0 bridgehead atoms. The maximum atomic E-state index is 6.37. The van der Waals surface area contributed by atoms with Crippen LogP contribution >= 0.6 is 35.0 Å². The van der Waals surface area contributed by atoms with Gasteiger partial charge in [-0.05, 0) is 41.5 Å². The molecule has 1 nitrogen and oxygen atoms in total. The zero-order valence-electron chi connectivity index (χ0n) is 10.1. The van der Waals surface area contributed by atoms with Gasteiger partial charge < -0.3 is 5.32 Å². The second-order valence-electron chi connectivity index (χ2n) is 4.45. The maximum absolute atomic E-state index is 6.37. The standard InChI is InChI=1S/C13H17Cl2NS/c1-3-16-13-8(2)6-17-7-9-10(14)4-5-11(15)12(9)13/h4-5,8,13,16H,3,6-7H2,1-2H3. The third-order valence-corrected chi connectivity index (χ3v) is 5.12. The van der Waals surface area contributed by atoms with Gasteiger partial charge in [0.25, 0.3) is 0 Å². The number of rotatable bonds is 2. The summed E-state index contributed by atoms with van der Waals surface area (Å²) in [5.41, 5.74) is 2.41. The Hall–Kier alpha value is 0.110. The lowest BCUT2D eigenvalue weighted by Gasteiger charge is -2.25. The lowest BCUT2D eigenvalue weighted by Crippen LogP contribution is -2.28. The van der Waals surface area contributed by atoms with Crippen molar-refractivity contribution >= 4 is 35.0 Å². The highest BCUT2D eigenvalue weighted by Crippen LogP contribution is 2.41. The predicted octanol–water partition coefficient (Wildman–Crippen LogP) is 4.53. The lowest BCUT2D eigenvalue weighted by atomic mass is 9.92. The molecule has 0 saturated carbocycles. The van der Waals surface area contributed by atoms with Crippen molar-refractivity contribution in [2.24, 2.45) is 5.92 Å². The number of hydrogen-bond donors (Lipinski definition) is 1. The molecular weight excluding hydrogens is 273 g/mol. The van der Waals surface area contributed by atoms with Gasteiger partial charge >= 0.3 is 0 Å². The fourth-order valence-electron chi connectivity index (χ4n) is 2.34. The molecule has 0 aliphatic carbocycles. The average Bonchev–Trinajstić information content (AvgIpc) is 2.46. The molecule has 1 aromatic carbocycles. The zero-order valence-corrected chi connectivity index (χ0v) is 12.4. The summed E-state index contributed by atoms with van der Waals surface area (Å²) in [5, 5.41) is 5.22. The van der Waals surface area contributed by atoms with Crippen molar-refractivity contribution in [3.63, 3.8) is 0 Å². The lowest BCUT2D eigenvalue weighted by molar-refractivity contribution is 0.428. The molecular formula is C13H17Cl2NS. The molecule has 0 radical (unpaired) electrons. The van der Waals surface area contributed by atoms with E-state index in [0.717, 1.165) is 28.1 Å². The summed E-state index contributed by atoms with van der Waals surface area (Å²) in [7, 11) is 0.